The summed E-state index contributed by atoms with van der Waals surface area (Å²) in [6.45, 7) is 4.62. The highest BCUT2D eigenvalue weighted by atomic mass is 35.5. The molecule has 0 aliphatic rings. The van der Waals surface area contributed by atoms with E-state index < -0.39 is 0 Å². The van der Waals surface area contributed by atoms with Crippen LogP contribution >= 0.6 is 22.9 Å². The average molecular weight is 247 g/mol. The number of aliphatic hydroxyl groups excluding tert-OH is 1. The Morgan fingerprint density at radius 2 is 2.40 bits per heavy atom. The molecule has 0 aromatic carbocycles. The predicted molar refractivity (Wildman–Crippen MR) is 62.0 cm³/mol. The first-order valence-electron chi connectivity index (χ1n) is 4.31. The van der Waals surface area contributed by atoms with E-state index in [9.17, 15) is 4.79 Å². The molecule has 1 aromatic heterocycles. The van der Waals surface area contributed by atoms with Gasteiger partial charge in [0.25, 0.3) is 0 Å². The molecule has 0 aliphatic heterocycles. The summed E-state index contributed by atoms with van der Waals surface area (Å²) in [6.07, 6.45) is 2.38. The molecular formula is C9H11ClN2O2S. The van der Waals surface area contributed by atoms with E-state index in [2.05, 4.69) is 11.6 Å². The molecule has 15 heavy (non-hydrogen) atoms. The molecule has 0 bridgehead atoms. The highest BCUT2D eigenvalue weighted by Gasteiger charge is 2.13. The Kier molecular flexibility index (Phi) is 4.74. The van der Waals surface area contributed by atoms with Crippen molar-refractivity contribution in [3.05, 3.63) is 22.7 Å². The van der Waals surface area contributed by atoms with Crippen LogP contribution in [0, 0.1) is 0 Å². The monoisotopic (exact) mass is 246 g/mol. The number of aliphatic hydroxyl groups is 1. The second-order valence-electron chi connectivity index (χ2n) is 2.73. The van der Waals surface area contributed by atoms with E-state index in [0.29, 0.717) is 29.4 Å². The first-order chi connectivity index (χ1) is 7.22. The lowest BCUT2D eigenvalue weighted by Gasteiger charge is -2.17. The van der Waals surface area contributed by atoms with Crippen LogP contribution in [-0.2, 0) is 0 Å². The summed E-state index contributed by atoms with van der Waals surface area (Å²) in [5.41, 5.74) is 0. The predicted octanol–water partition coefficient (Wildman–Crippen LogP) is 1.59. The van der Waals surface area contributed by atoms with Gasteiger partial charge in [-0.2, -0.15) is 0 Å². The van der Waals surface area contributed by atoms with Crippen molar-refractivity contribution in [3.8, 4) is 0 Å². The van der Waals surface area contributed by atoms with E-state index in [1.807, 2.05) is 0 Å². The lowest BCUT2D eigenvalue weighted by molar-refractivity contribution is 0.112. The van der Waals surface area contributed by atoms with Gasteiger partial charge in [0, 0.05) is 13.1 Å². The number of aldehydes is 1. The molecule has 0 saturated heterocycles. The van der Waals surface area contributed by atoms with Gasteiger partial charge in [0.1, 0.15) is 4.88 Å². The zero-order chi connectivity index (χ0) is 11.3. The van der Waals surface area contributed by atoms with Gasteiger partial charge < -0.3 is 10.0 Å². The molecule has 82 valence electrons. The average Bonchev–Trinajstić information content (AvgIpc) is 2.59. The van der Waals surface area contributed by atoms with Crippen LogP contribution < -0.4 is 4.90 Å². The van der Waals surface area contributed by atoms with Crippen LogP contribution in [0.3, 0.4) is 0 Å². The molecule has 1 aromatic rings. The molecule has 1 N–H and O–H groups in total. The fraction of sp³-hybridized carbons (Fsp3) is 0.333. The van der Waals surface area contributed by atoms with Gasteiger partial charge in [0.2, 0.25) is 0 Å². The van der Waals surface area contributed by atoms with Gasteiger partial charge in [0.15, 0.2) is 16.6 Å². The van der Waals surface area contributed by atoms with Crippen molar-refractivity contribution in [1.29, 1.82) is 0 Å². The standard InChI is InChI=1S/C9H11ClN2O2S/c1-2-3-12(4-5-13)9-11-8(10)7(6-14)15-9/h2,6,13H,1,3-5H2. The van der Waals surface area contributed by atoms with Crippen molar-refractivity contribution in [2.24, 2.45) is 0 Å². The number of hydrogen-bond donors (Lipinski definition) is 1. The largest absolute Gasteiger partial charge is 0.395 e. The Labute approximate surface area is 96.8 Å². The highest BCUT2D eigenvalue weighted by molar-refractivity contribution is 7.17. The van der Waals surface area contributed by atoms with Crippen LogP contribution in [0.2, 0.25) is 5.15 Å². The summed E-state index contributed by atoms with van der Waals surface area (Å²) in [5, 5.41) is 9.68. The maximum atomic E-state index is 10.6. The van der Waals surface area contributed by atoms with E-state index in [4.69, 9.17) is 16.7 Å². The molecular weight excluding hydrogens is 236 g/mol. The van der Waals surface area contributed by atoms with Gasteiger partial charge in [0.05, 0.1) is 6.61 Å². The molecule has 0 atom stereocenters. The number of thiazole rings is 1. The number of hydrogen-bond acceptors (Lipinski definition) is 5. The van der Waals surface area contributed by atoms with Crippen molar-refractivity contribution in [2.75, 3.05) is 24.6 Å². The summed E-state index contributed by atoms with van der Waals surface area (Å²) >= 11 is 6.95. The van der Waals surface area contributed by atoms with Gasteiger partial charge in [-0.1, -0.05) is 29.0 Å². The fourth-order valence-corrected chi connectivity index (χ4v) is 2.15. The Bertz CT molecular complexity index is 354. The molecule has 0 spiro atoms. The van der Waals surface area contributed by atoms with Crippen molar-refractivity contribution in [1.82, 2.24) is 4.98 Å². The Morgan fingerprint density at radius 3 is 2.87 bits per heavy atom. The Balaban J connectivity index is 2.89. The topological polar surface area (TPSA) is 53.4 Å². The third-order valence-corrected chi connectivity index (χ3v) is 3.14. The zero-order valence-corrected chi connectivity index (χ0v) is 9.59. The van der Waals surface area contributed by atoms with Gasteiger partial charge in [-0.05, 0) is 0 Å². The van der Waals surface area contributed by atoms with E-state index >= 15 is 0 Å². The van der Waals surface area contributed by atoms with Gasteiger partial charge in [-0.3, -0.25) is 4.79 Å². The number of anilines is 1. The van der Waals surface area contributed by atoms with Crippen LogP contribution in [0.25, 0.3) is 0 Å². The third kappa shape index (κ3) is 3.02. The van der Waals surface area contributed by atoms with E-state index in [-0.39, 0.29) is 11.8 Å². The molecule has 0 radical (unpaired) electrons. The fourth-order valence-electron chi connectivity index (χ4n) is 1.05. The summed E-state index contributed by atoms with van der Waals surface area (Å²) in [4.78, 5) is 16.8. The van der Waals surface area contributed by atoms with Crippen LogP contribution in [0.5, 0.6) is 0 Å². The third-order valence-electron chi connectivity index (χ3n) is 1.70. The minimum absolute atomic E-state index is 0.0153. The normalized spacial score (nSPS) is 10.0. The minimum Gasteiger partial charge on any atom is -0.395 e. The quantitative estimate of drug-likeness (QED) is 0.612. The van der Waals surface area contributed by atoms with Crippen LogP contribution in [-0.4, -0.2) is 36.1 Å². The van der Waals surface area contributed by atoms with Gasteiger partial charge >= 0.3 is 0 Å². The van der Waals surface area contributed by atoms with E-state index in [1.165, 1.54) is 11.3 Å². The first-order valence-corrected chi connectivity index (χ1v) is 5.50. The molecule has 6 heteroatoms. The number of rotatable bonds is 6. The lowest BCUT2D eigenvalue weighted by Crippen LogP contribution is -2.26. The molecule has 1 rings (SSSR count). The smallest absolute Gasteiger partial charge is 0.187 e. The van der Waals surface area contributed by atoms with Gasteiger partial charge in [-0.15, -0.1) is 6.58 Å². The summed E-state index contributed by atoms with van der Waals surface area (Å²) in [7, 11) is 0. The number of aromatic nitrogens is 1. The highest BCUT2D eigenvalue weighted by Crippen LogP contribution is 2.27. The number of halogens is 1. The molecule has 0 saturated carbocycles. The molecule has 0 unspecified atom stereocenters. The maximum Gasteiger partial charge on any atom is 0.187 e. The molecule has 0 fully saturated rings. The van der Waals surface area contributed by atoms with Crippen LogP contribution in [0.4, 0.5) is 5.13 Å². The van der Waals surface area contributed by atoms with Crippen molar-refractivity contribution < 1.29 is 9.90 Å². The van der Waals surface area contributed by atoms with Gasteiger partial charge in [-0.25, -0.2) is 4.98 Å². The SMILES string of the molecule is C=CCN(CCO)c1nc(Cl)c(C=O)s1. The number of carbonyl (C=O) groups excluding carboxylic acids is 1. The Morgan fingerprint density at radius 1 is 1.67 bits per heavy atom. The van der Waals surface area contributed by atoms with E-state index in [0.717, 1.165) is 0 Å². The summed E-state index contributed by atoms with van der Waals surface area (Å²) < 4.78 is 0. The number of carbonyl (C=O) groups is 1. The lowest BCUT2D eigenvalue weighted by atomic mass is 10.5. The second-order valence-corrected chi connectivity index (χ2v) is 4.09. The second kappa shape index (κ2) is 5.85. The van der Waals surface area contributed by atoms with Crippen molar-refractivity contribution in [2.45, 2.75) is 0 Å². The summed E-state index contributed by atoms with van der Waals surface area (Å²) in [6, 6.07) is 0. The van der Waals surface area contributed by atoms with Crippen LogP contribution in [0.15, 0.2) is 12.7 Å². The minimum atomic E-state index is 0.0153. The zero-order valence-electron chi connectivity index (χ0n) is 8.02. The molecule has 0 aliphatic carbocycles. The van der Waals surface area contributed by atoms with Crippen molar-refractivity contribution >= 4 is 34.4 Å². The molecule has 0 amide bonds. The molecule has 1 heterocycles. The van der Waals surface area contributed by atoms with Crippen LogP contribution in [0.1, 0.15) is 9.67 Å². The van der Waals surface area contributed by atoms with E-state index in [1.54, 1.807) is 11.0 Å². The number of nitrogens with zero attached hydrogens (tertiary/aromatic N) is 2. The summed E-state index contributed by atoms with van der Waals surface area (Å²) in [5.74, 6) is 0. The van der Waals surface area contributed by atoms with Crippen molar-refractivity contribution in [3.63, 3.8) is 0 Å². The maximum absolute atomic E-state index is 10.6. The first kappa shape index (κ1) is 12.2. The molecule has 4 nitrogen and oxygen atoms in total. The Hall–Kier alpha value is -0.910.